The van der Waals surface area contributed by atoms with Gasteiger partial charge < -0.3 is 15.5 Å². The molecule has 1 aromatic carbocycles. The van der Waals surface area contributed by atoms with Crippen molar-refractivity contribution < 1.29 is 9.59 Å². The van der Waals surface area contributed by atoms with E-state index in [4.69, 9.17) is 5.73 Å². The molecule has 145 valence electrons. The average molecular weight is 369 g/mol. The van der Waals surface area contributed by atoms with Crippen molar-refractivity contribution in [2.24, 2.45) is 23.5 Å². The van der Waals surface area contributed by atoms with Crippen molar-refractivity contribution in [2.45, 2.75) is 32.1 Å². The van der Waals surface area contributed by atoms with Gasteiger partial charge in [-0.05, 0) is 55.7 Å². The summed E-state index contributed by atoms with van der Waals surface area (Å²) in [5.74, 6) is 1.62. The zero-order chi connectivity index (χ0) is 18.8. The molecule has 1 aliphatic carbocycles. The van der Waals surface area contributed by atoms with E-state index in [1.807, 2.05) is 18.2 Å². The van der Waals surface area contributed by atoms with Gasteiger partial charge in [-0.2, -0.15) is 0 Å². The van der Waals surface area contributed by atoms with Crippen LogP contribution >= 0.6 is 0 Å². The van der Waals surface area contributed by atoms with Gasteiger partial charge in [0.2, 0.25) is 11.8 Å². The van der Waals surface area contributed by atoms with Gasteiger partial charge in [0.15, 0.2) is 0 Å². The van der Waals surface area contributed by atoms with Gasteiger partial charge in [-0.3, -0.25) is 9.59 Å². The van der Waals surface area contributed by atoms with Crippen molar-refractivity contribution in [3.63, 3.8) is 0 Å². The quantitative estimate of drug-likeness (QED) is 0.838. The number of nitrogens with two attached hydrogens (primary N) is 1. The monoisotopic (exact) mass is 368 g/mol. The Balaban J connectivity index is 1.23. The Morgan fingerprint density at radius 1 is 1.04 bits per heavy atom. The normalized spacial score (nSPS) is 25.9. The molecular weight excluding hydrogens is 338 g/mol. The van der Waals surface area contributed by atoms with Crippen LogP contribution < -0.4 is 5.73 Å². The highest BCUT2D eigenvalue weighted by Crippen LogP contribution is 2.34. The van der Waals surface area contributed by atoms with Crippen LogP contribution in [0.15, 0.2) is 24.3 Å². The molecule has 2 aliphatic heterocycles. The Bertz CT molecular complexity index is 685. The molecule has 3 aliphatic rings. The van der Waals surface area contributed by atoms with E-state index in [1.165, 1.54) is 12.8 Å². The maximum Gasteiger partial charge on any atom is 0.248 e. The van der Waals surface area contributed by atoms with Gasteiger partial charge in [-0.25, -0.2) is 0 Å². The molecule has 3 fully saturated rings. The lowest BCUT2D eigenvalue weighted by atomic mass is 10.0. The molecule has 0 aromatic heterocycles. The molecule has 4 rings (SSSR count). The number of amides is 2. The van der Waals surface area contributed by atoms with Gasteiger partial charge >= 0.3 is 0 Å². The van der Waals surface area contributed by atoms with E-state index in [2.05, 4.69) is 16.2 Å². The first kappa shape index (κ1) is 18.5. The predicted octanol–water partition coefficient (Wildman–Crippen LogP) is 2.31. The summed E-state index contributed by atoms with van der Waals surface area (Å²) in [4.78, 5) is 28.8. The predicted molar refractivity (Wildman–Crippen MR) is 105 cm³/mol. The summed E-state index contributed by atoms with van der Waals surface area (Å²) < 4.78 is 0. The van der Waals surface area contributed by atoms with Crippen LogP contribution in [0.4, 0.5) is 0 Å². The van der Waals surface area contributed by atoms with Crippen LogP contribution in [-0.2, 0) is 4.79 Å². The number of rotatable bonds is 6. The zero-order valence-electron chi connectivity index (χ0n) is 16.0. The molecule has 2 heterocycles. The summed E-state index contributed by atoms with van der Waals surface area (Å²) in [7, 11) is 0. The number of nitrogens with zero attached hydrogens (tertiary/aromatic N) is 2. The van der Waals surface area contributed by atoms with Crippen LogP contribution in [0.3, 0.4) is 0 Å². The van der Waals surface area contributed by atoms with Crippen LogP contribution in [0, 0.1) is 24.2 Å². The molecule has 1 unspecified atom stereocenters. The van der Waals surface area contributed by atoms with Crippen LogP contribution in [0.1, 0.15) is 48.0 Å². The molecule has 5 heteroatoms. The number of fused-ring (bicyclic) bond motifs is 1. The number of carbonyl (C=O) groups excluding carboxylic acids is 2. The third kappa shape index (κ3) is 4.03. The highest BCUT2D eigenvalue weighted by atomic mass is 16.2. The summed E-state index contributed by atoms with van der Waals surface area (Å²) in [5, 5.41) is 0. The van der Waals surface area contributed by atoms with E-state index in [0.717, 1.165) is 57.5 Å². The Morgan fingerprint density at radius 2 is 1.70 bits per heavy atom. The van der Waals surface area contributed by atoms with Crippen molar-refractivity contribution in [1.82, 2.24) is 9.80 Å². The number of hydrogen-bond acceptors (Lipinski definition) is 3. The van der Waals surface area contributed by atoms with Crippen molar-refractivity contribution in [1.29, 1.82) is 0 Å². The standard InChI is InChI=1S/C22H30N3O2/c23-21(26)20-10-4-3-6-16(20)9-5-11-24-12-18-14-25(15-19(18)13-24)22(27)17-7-1-2-8-17/h3-4,6,9-10,17-19H,1-2,5,7-8,11-15H2,(H2,23,26)/t18-,19?/m0/s1. The van der Waals surface area contributed by atoms with E-state index >= 15 is 0 Å². The Hall–Kier alpha value is -1.88. The van der Waals surface area contributed by atoms with Crippen LogP contribution in [0.25, 0.3) is 0 Å². The number of hydrogen-bond donors (Lipinski definition) is 1. The largest absolute Gasteiger partial charge is 0.366 e. The van der Waals surface area contributed by atoms with Gasteiger partial charge in [-0.15, -0.1) is 0 Å². The van der Waals surface area contributed by atoms with Gasteiger partial charge in [0, 0.05) is 37.7 Å². The molecule has 1 radical (unpaired) electrons. The van der Waals surface area contributed by atoms with Crippen LogP contribution in [0.5, 0.6) is 0 Å². The molecule has 5 nitrogen and oxygen atoms in total. The van der Waals surface area contributed by atoms with Crippen molar-refractivity contribution >= 4 is 11.8 Å². The molecule has 2 atom stereocenters. The van der Waals surface area contributed by atoms with Crippen LogP contribution in [0.2, 0.25) is 0 Å². The minimum atomic E-state index is -0.371. The maximum absolute atomic E-state index is 12.6. The molecule has 2 amide bonds. The number of likely N-dealkylation sites (tertiary alicyclic amines) is 2. The fourth-order valence-corrected chi connectivity index (χ4v) is 5.19. The molecule has 2 N–H and O–H groups in total. The number of primary amides is 1. The maximum atomic E-state index is 12.6. The topological polar surface area (TPSA) is 66.6 Å². The lowest BCUT2D eigenvalue weighted by Crippen LogP contribution is -2.36. The zero-order valence-corrected chi connectivity index (χ0v) is 16.0. The van der Waals surface area contributed by atoms with Crippen molar-refractivity contribution in [3.8, 4) is 0 Å². The van der Waals surface area contributed by atoms with Gasteiger partial charge in [-0.1, -0.05) is 31.0 Å². The first-order valence-electron chi connectivity index (χ1n) is 10.3. The minimum Gasteiger partial charge on any atom is -0.366 e. The fraction of sp³-hybridized carbons (Fsp3) is 0.591. The Morgan fingerprint density at radius 3 is 2.37 bits per heavy atom. The van der Waals surface area contributed by atoms with Crippen molar-refractivity contribution in [2.75, 3.05) is 32.7 Å². The third-order valence-corrected chi connectivity index (χ3v) is 6.61. The lowest BCUT2D eigenvalue weighted by Gasteiger charge is -2.24. The van der Waals surface area contributed by atoms with E-state index in [9.17, 15) is 9.59 Å². The molecular formula is C22H30N3O2. The van der Waals surface area contributed by atoms with E-state index in [0.29, 0.717) is 29.2 Å². The van der Waals surface area contributed by atoms with Gasteiger partial charge in [0.05, 0.1) is 0 Å². The van der Waals surface area contributed by atoms with E-state index in [1.54, 1.807) is 6.07 Å². The second kappa shape index (κ2) is 8.01. The highest BCUT2D eigenvalue weighted by molar-refractivity contribution is 5.94. The fourth-order valence-electron chi connectivity index (χ4n) is 5.19. The molecule has 27 heavy (non-hydrogen) atoms. The molecule has 1 aromatic rings. The second-order valence-corrected chi connectivity index (χ2v) is 8.45. The van der Waals surface area contributed by atoms with Gasteiger partial charge in [0.1, 0.15) is 0 Å². The second-order valence-electron chi connectivity index (χ2n) is 8.45. The number of carbonyl (C=O) groups is 2. The third-order valence-electron chi connectivity index (χ3n) is 6.61. The van der Waals surface area contributed by atoms with Crippen LogP contribution in [-0.4, -0.2) is 54.3 Å². The summed E-state index contributed by atoms with van der Waals surface area (Å²) >= 11 is 0. The van der Waals surface area contributed by atoms with Crippen molar-refractivity contribution in [3.05, 3.63) is 41.8 Å². The van der Waals surface area contributed by atoms with E-state index in [-0.39, 0.29) is 5.91 Å². The van der Waals surface area contributed by atoms with Gasteiger partial charge in [0.25, 0.3) is 0 Å². The molecule has 2 saturated heterocycles. The highest BCUT2D eigenvalue weighted by Gasteiger charge is 2.42. The lowest BCUT2D eigenvalue weighted by molar-refractivity contribution is -0.134. The summed E-state index contributed by atoms with van der Waals surface area (Å²) in [6.45, 7) is 5.07. The smallest absolute Gasteiger partial charge is 0.248 e. The first-order chi connectivity index (χ1) is 13.1. The molecule has 0 bridgehead atoms. The van der Waals surface area contributed by atoms with E-state index < -0.39 is 0 Å². The average Bonchev–Trinajstić information content (AvgIpc) is 3.38. The number of benzene rings is 1. The molecule has 0 spiro atoms. The summed E-state index contributed by atoms with van der Waals surface area (Å²) in [5.41, 5.74) is 6.97. The summed E-state index contributed by atoms with van der Waals surface area (Å²) in [6, 6.07) is 7.52. The molecule has 1 saturated carbocycles. The Kier molecular flexibility index (Phi) is 5.48. The minimum absolute atomic E-state index is 0.305. The SMILES string of the molecule is NC(=O)c1ccccc1[CH]CCN1CC2CN(C(=O)C3CCCC3)C[C@@H]2C1. The first-order valence-corrected chi connectivity index (χ1v) is 10.3. The summed E-state index contributed by atoms with van der Waals surface area (Å²) in [6.07, 6.45) is 7.66. The Labute approximate surface area is 161 Å².